The molecule has 1 unspecified atom stereocenters. The SMILES string of the molecule is O=C(Nc1ccncc1)N1CCCC1Cn1cccn1. The summed E-state index contributed by atoms with van der Waals surface area (Å²) in [6, 6.07) is 5.63. The third-order valence-corrected chi connectivity index (χ3v) is 3.53. The third-order valence-electron chi connectivity index (χ3n) is 3.53. The first kappa shape index (κ1) is 12.7. The van der Waals surface area contributed by atoms with Crippen LogP contribution in [-0.2, 0) is 6.54 Å². The van der Waals surface area contributed by atoms with Crippen LogP contribution in [0.15, 0.2) is 43.0 Å². The fraction of sp³-hybridized carbons (Fsp3) is 0.357. The third kappa shape index (κ3) is 2.79. The Balaban J connectivity index is 1.64. The Morgan fingerprint density at radius 1 is 1.35 bits per heavy atom. The molecule has 0 spiro atoms. The number of pyridine rings is 1. The quantitative estimate of drug-likeness (QED) is 0.928. The van der Waals surface area contributed by atoms with Gasteiger partial charge in [0, 0.05) is 37.0 Å². The highest BCUT2D eigenvalue weighted by atomic mass is 16.2. The van der Waals surface area contributed by atoms with Crippen molar-refractivity contribution in [2.24, 2.45) is 0 Å². The summed E-state index contributed by atoms with van der Waals surface area (Å²) in [5.41, 5.74) is 0.773. The minimum atomic E-state index is -0.0501. The molecule has 1 N–H and O–H groups in total. The molecule has 2 amide bonds. The molecule has 1 aliphatic heterocycles. The smallest absolute Gasteiger partial charge is 0.320 e. The molecule has 3 heterocycles. The van der Waals surface area contributed by atoms with Crippen LogP contribution in [0.4, 0.5) is 10.5 Å². The Kier molecular flexibility index (Phi) is 3.62. The van der Waals surface area contributed by atoms with Crippen LogP contribution >= 0.6 is 0 Å². The molecule has 6 nitrogen and oxygen atoms in total. The van der Waals surface area contributed by atoms with Crippen molar-refractivity contribution in [3.63, 3.8) is 0 Å². The van der Waals surface area contributed by atoms with Gasteiger partial charge in [0.05, 0.1) is 12.6 Å². The number of hydrogen-bond acceptors (Lipinski definition) is 3. The lowest BCUT2D eigenvalue weighted by molar-refractivity contribution is 0.199. The van der Waals surface area contributed by atoms with Gasteiger partial charge in [-0.2, -0.15) is 5.10 Å². The minimum Gasteiger partial charge on any atom is -0.320 e. The topological polar surface area (TPSA) is 63.1 Å². The number of amides is 2. The van der Waals surface area contributed by atoms with E-state index < -0.39 is 0 Å². The molecular formula is C14H17N5O. The van der Waals surface area contributed by atoms with Crippen LogP contribution in [0.1, 0.15) is 12.8 Å². The molecule has 1 fully saturated rings. The van der Waals surface area contributed by atoms with Crippen LogP contribution in [0.25, 0.3) is 0 Å². The zero-order chi connectivity index (χ0) is 13.8. The van der Waals surface area contributed by atoms with Gasteiger partial charge in [-0.15, -0.1) is 0 Å². The Morgan fingerprint density at radius 2 is 2.20 bits per heavy atom. The first-order chi connectivity index (χ1) is 9.83. The van der Waals surface area contributed by atoms with E-state index in [9.17, 15) is 4.79 Å². The van der Waals surface area contributed by atoms with E-state index in [0.717, 1.165) is 31.6 Å². The second kappa shape index (κ2) is 5.73. The van der Waals surface area contributed by atoms with Crippen LogP contribution < -0.4 is 5.32 Å². The van der Waals surface area contributed by atoms with E-state index in [1.807, 2.05) is 21.8 Å². The van der Waals surface area contributed by atoms with Gasteiger partial charge in [0.25, 0.3) is 0 Å². The normalized spacial score (nSPS) is 18.2. The summed E-state index contributed by atoms with van der Waals surface area (Å²) in [7, 11) is 0. The predicted octanol–water partition coefficient (Wildman–Crippen LogP) is 1.97. The Bertz CT molecular complexity index is 554. The van der Waals surface area contributed by atoms with Crippen LogP contribution in [0.3, 0.4) is 0 Å². The molecule has 3 rings (SSSR count). The molecule has 0 aromatic carbocycles. The maximum absolute atomic E-state index is 12.3. The number of carbonyl (C=O) groups excluding carboxylic acids is 1. The molecular weight excluding hydrogens is 254 g/mol. The second-order valence-electron chi connectivity index (χ2n) is 4.88. The Hall–Kier alpha value is -2.37. The number of anilines is 1. The fourth-order valence-corrected chi connectivity index (χ4v) is 2.55. The number of rotatable bonds is 3. The Labute approximate surface area is 117 Å². The van der Waals surface area contributed by atoms with Gasteiger partial charge in [0.1, 0.15) is 0 Å². The maximum Gasteiger partial charge on any atom is 0.322 e. The average molecular weight is 271 g/mol. The number of hydrogen-bond donors (Lipinski definition) is 1. The van der Waals surface area contributed by atoms with Gasteiger partial charge >= 0.3 is 6.03 Å². The second-order valence-corrected chi connectivity index (χ2v) is 4.88. The van der Waals surface area contributed by atoms with Crippen molar-refractivity contribution in [1.29, 1.82) is 0 Å². The number of likely N-dealkylation sites (tertiary alicyclic amines) is 1. The van der Waals surface area contributed by atoms with E-state index in [1.54, 1.807) is 30.7 Å². The number of nitrogens with one attached hydrogen (secondary N) is 1. The molecule has 0 radical (unpaired) electrons. The van der Waals surface area contributed by atoms with E-state index in [-0.39, 0.29) is 12.1 Å². The lowest BCUT2D eigenvalue weighted by Gasteiger charge is -2.25. The molecule has 1 saturated heterocycles. The van der Waals surface area contributed by atoms with Gasteiger partial charge in [-0.3, -0.25) is 9.67 Å². The van der Waals surface area contributed by atoms with E-state index in [1.165, 1.54) is 0 Å². The molecule has 0 bridgehead atoms. The largest absolute Gasteiger partial charge is 0.322 e. The van der Waals surface area contributed by atoms with Crippen LogP contribution in [-0.4, -0.2) is 38.3 Å². The molecule has 6 heteroatoms. The predicted molar refractivity (Wildman–Crippen MR) is 75.2 cm³/mol. The van der Waals surface area contributed by atoms with Crippen LogP contribution in [0, 0.1) is 0 Å². The van der Waals surface area contributed by atoms with Gasteiger partial charge in [-0.25, -0.2) is 4.79 Å². The van der Waals surface area contributed by atoms with Gasteiger partial charge in [0.2, 0.25) is 0 Å². The summed E-state index contributed by atoms with van der Waals surface area (Å²) in [4.78, 5) is 18.1. The molecule has 1 atom stereocenters. The van der Waals surface area contributed by atoms with Crippen molar-refractivity contribution in [2.75, 3.05) is 11.9 Å². The van der Waals surface area contributed by atoms with Gasteiger partial charge in [-0.05, 0) is 31.0 Å². The van der Waals surface area contributed by atoms with Crippen molar-refractivity contribution >= 4 is 11.7 Å². The molecule has 104 valence electrons. The van der Waals surface area contributed by atoms with Crippen molar-refractivity contribution < 1.29 is 4.79 Å². The van der Waals surface area contributed by atoms with Crippen molar-refractivity contribution in [3.8, 4) is 0 Å². The van der Waals surface area contributed by atoms with Crippen molar-refractivity contribution in [3.05, 3.63) is 43.0 Å². The monoisotopic (exact) mass is 271 g/mol. The molecule has 0 saturated carbocycles. The van der Waals surface area contributed by atoms with Crippen molar-refractivity contribution in [2.45, 2.75) is 25.4 Å². The molecule has 2 aromatic heterocycles. The first-order valence-electron chi connectivity index (χ1n) is 6.78. The summed E-state index contributed by atoms with van der Waals surface area (Å²) in [6.45, 7) is 1.54. The van der Waals surface area contributed by atoms with Crippen LogP contribution in [0.5, 0.6) is 0 Å². The zero-order valence-electron chi connectivity index (χ0n) is 11.1. The number of nitrogens with zero attached hydrogens (tertiary/aromatic N) is 4. The van der Waals surface area contributed by atoms with Crippen molar-refractivity contribution in [1.82, 2.24) is 19.7 Å². The average Bonchev–Trinajstić information content (AvgIpc) is 3.12. The minimum absolute atomic E-state index is 0.0501. The molecule has 0 aliphatic carbocycles. The fourth-order valence-electron chi connectivity index (χ4n) is 2.55. The highest BCUT2D eigenvalue weighted by molar-refractivity contribution is 5.89. The van der Waals surface area contributed by atoms with E-state index >= 15 is 0 Å². The highest BCUT2D eigenvalue weighted by Crippen LogP contribution is 2.20. The van der Waals surface area contributed by atoms with E-state index in [4.69, 9.17) is 0 Å². The van der Waals surface area contributed by atoms with E-state index in [0.29, 0.717) is 0 Å². The maximum atomic E-state index is 12.3. The molecule has 1 aliphatic rings. The number of aromatic nitrogens is 3. The van der Waals surface area contributed by atoms with Gasteiger partial charge in [-0.1, -0.05) is 0 Å². The summed E-state index contributed by atoms with van der Waals surface area (Å²) >= 11 is 0. The molecule has 2 aromatic rings. The van der Waals surface area contributed by atoms with Gasteiger partial charge in [0.15, 0.2) is 0 Å². The number of urea groups is 1. The standard InChI is InChI=1S/C14H17N5O/c20-14(17-12-4-7-15-8-5-12)19-10-1-3-13(19)11-18-9-2-6-16-18/h2,4-9,13H,1,3,10-11H2,(H,15,17,20). The molecule has 20 heavy (non-hydrogen) atoms. The number of carbonyl (C=O) groups is 1. The Morgan fingerprint density at radius 3 is 2.95 bits per heavy atom. The summed E-state index contributed by atoms with van der Waals surface area (Å²) in [6.07, 6.45) is 9.08. The highest BCUT2D eigenvalue weighted by Gasteiger charge is 2.29. The van der Waals surface area contributed by atoms with E-state index in [2.05, 4.69) is 15.4 Å². The lowest BCUT2D eigenvalue weighted by Crippen LogP contribution is -2.40. The lowest BCUT2D eigenvalue weighted by atomic mass is 10.2. The summed E-state index contributed by atoms with van der Waals surface area (Å²) < 4.78 is 1.88. The van der Waals surface area contributed by atoms with Crippen LogP contribution in [0.2, 0.25) is 0 Å². The van der Waals surface area contributed by atoms with Gasteiger partial charge < -0.3 is 10.2 Å². The zero-order valence-corrected chi connectivity index (χ0v) is 11.1. The summed E-state index contributed by atoms with van der Waals surface area (Å²) in [5, 5.41) is 7.12. The summed E-state index contributed by atoms with van der Waals surface area (Å²) in [5.74, 6) is 0. The first-order valence-corrected chi connectivity index (χ1v) is 6.78.